The number of amides is 1. The summed E-state index contributed by atoms with van der Waals surface area (Å²) in [5, 5.41) is 3.42. The molecule has 7 nitrogen and oxygen atoms in total. The molecule has 2 aromatic heterocycles. The Morgan fingerprint density at radius 2 is 1.89 bits per heavy atom. The molecule has 1 aliphatic rings. The molecule has 8 heteroatoms. The van der Waals surface area contributed by atoms with Crippen molar-refractivity contribution in [3.05, 3.63) is 73.0 Å². The fourth-order valence-electron chi connectivity index (χ4n) is 3.66. The van der Waals surface area contributed by atoms with Gasteiger partial charge in [0.25, 0.3) is 11.5 Å². The molecule has 28 heavy (non-hydrogen) atoms. The number of fused-ring (bicyclic) bond motifs is 1. The molecule has 0 spiro atoms. The fraction of sp³-hybridized carbons (Fsp3) is 0.300. The second-order valence-electron chi connectivity index (χ2n) is 7.17. The molecule has 1 aromatic carbocycles. The summed E-state index contributed by atoms with van der Waals surface area (Å²) in [6.45, 7) is 0. The first-order valence-electron chi connectivity index (χ1n) is 8.98. The molecule has 0 atom stereocenters. The SMILES string of the molecule is Cn1c(=O)c2ccc(C(=O)NC3(c4cccc(Br)c4)CCC3)nc2n(C)c1=O. The quantitative estimate of drug-likeness (QED) is 0.673. The third kappa shape index (κ3) is 2.88. The van der Waals surface area contributed by atoms with Crippen molar-refractivity contribution in [3.63, 3.8) is 0 Å². The van der Waals surface area contributed by atoms with Crippen LogP contribution in [0, 0.1) is 0 Å². The minimum atomic E-state index is -0.479. The molecule has 0 bridgehead atoms. The molecule has 1 aliphatic carbocycles. The van der Waals surface area contributed by atoms with Crippen LogP contribution in [0.25, 0.3) is 11.0 Å². The summed E-state index contributed by atoms with van der Waals surface area (Å²) in [5.74, 6) is -0.324. The van der Waals surface area contributed by atoms with Crippen molar-refractivity contribution in [3.8, 4) is 0 Å². The number of benzene rings is 1. The molecule has 0 unspecified atom stereocenters. The minimum absolute atomic E-state index is 0.178. The van der Waals surface area contributed by atoms with Crippen LogP contribution < -0.4 is 16.6 Å². The zero-order valence-electron chi connectivity index (χ0n) is 15.5. The molecule has 3 aromatic rings. The van der Waals surface area contributed by atoms with Gasteiger partial charge in [-0.3, -0.25) is 18.7 Å². The molecule has 1 saturated carbocycles. The summed E-state index contributed by atoms with van der Waals surface area (Å²) in [6, 6.07) is 11.0. The maximum Gasteiger partial charge on any atom is 0.332 e. The number of aryl methyl sites for hydroxylation is 1. The van der Waals surface area contributed by atoms with E-state index >= 15 is 0 Å². The van der Waals surface area contributed by atoms with Crippen molar-refractivity contribution < 1.29 is 4.79 Å². The first kappa shape index (κ1) is 18.6. The number of rotatable bonds is 3. The van der Waals surface area contributed by atoms with Gasteiger partial charge in [0, 0.05) is 18.6 Å². The highest BCUT2D eigenvalue weighted by atomic mass is 79.9. The third-order valence-corrected chi connectivity index (χ3v) is 5.96. The zero-order chi connectivity index (χ0) is 20.1. The number of aromatic nitrogens is 3. The minimum Gasteiger partial charge on any atom is -0.341 e. The van der Waals surface area contributed by atoms with Crippen molar-refractivity contribution in [2.75, 3.05) is 0 Å². The Morgan fingerprint density at radius 3 is 2.54 bits per heavy atom. The molecule has 0 aliphatic heterocycles. The molecule has 4 rings (SSSR count). The van der Waals surface area contributed by atoms with E-state index in [-0.39, 0.29) is 17.2 Å². The predicted octanol–water partition coefficient (Wildman–Crippen LogP) is 2.20. The lowest BCUT2D eigenvalue weighted by Gasteiger charge is -2.43. The number of nitrogens with zero attached hydrogens (tertiary/aromatic N) is 3. The molecular formula is C20H19BrN4O3. The Morgan fingerprint density at radius 1 is 1.14 bits per heavy atom. The van der Waals surface area contributed by atoms with Crippen LogP contribution in [-0.2, 0) is 19.6 Å². The molecule has 1 amide bonds. The lowest BCUT2D eigenvalue weighted by Crippen LogP contribution is -2.51. The number of halogens is 1. The Hall–Kier alpha value is -2.74. The summed E-state index contributed by atoms with van der Waals surface area (Å²) in [7, 11) is 2.96. The Labute approximate surface area is 169 Å². The number of nitrogens with one attached hydrogen (secondary N) is 1. The highest BCUT2D eigenvalue weighted by molar-refractivity contribution is 9.10. The van der Waals surface area contributed by atoms with Gasteiger partial charge >= 0.3 is 5.69 Å². The monoisotopic (exact) mass is 442 g/mol. The summed E-state index contributed by atoms with van der Waals surface area (Å²) in [6.07, 6.45) is 2.73. The van der Waals surface area contributed by atoms with Gasteiger partial charge in [-0.2, -0.15) is 0 Å². The highest BCUT2D eigenvalue weighted by Crippen LogP contribution is 2.42. The zero-order valence-corrected chi connectivity index (χ0v) is 17.1. The van der Waals surface area contributed by atoms with Crippen LogP contribution in [0.1, 0.15) is 35.3 Å². The molecule has 1 fully saturated rings. The number of carbonyl (C=O) groups is 1. The number of carbonyl (C=O) groups excluding carboxylic acids is 1. The first-order valence-corrected chi connectivity index (χ1v) is 9.77. The van der Waals surface area contributed by atoms with Crippen molar-refractivity contribution in [2.45, 2.75) is 24.8 Å². The van der Waals surface area contributed by atoms with Crippen LogP contribution in [0.2, 0.25) is 0 Å². The molecule has 144 valence electrons. The lowest BCUT2D eigenvalue weighted by atomic mass is 9.71. The van der Waals surface area contributed by atoms with Gasteiger partial charge in [-0.05, 0) is 49.1 Å². The van der Waals surface area contributed by atoms with Crippen molar-refractivity contribution in [1.29, 1.82) is 0 Å². The van der Waals surface area contributed by atoms with Gasteiger partial charge in [-0.15, -0.1) is 0 Å². The van der Waals surface area contributed by atoms with E-state index in [0.29, 0.717) is 5.39 Å². The van der Waals surface area contributed by atoms with E-state index in [0.717, 1.165) is 33.9 Å². The van der Waals surface area contributed by atoms with Gasteiger partial charge in [0.05, 0.1) is 10.9 Å². The number of pyridine rings is 1. The standard InChI is InChI=1S/C20H19BrN4O3/c1-24-16-14(18(27)25(2)19(24)28)7-8-15(22-16)17(26)23-20(9-4-10-20)12-5-3-6-13(21)11-12/h3,5-8,11H,4,9-10H2,1-2H3,(H,23,26). The van der Waals surface area contributed by atoms with E-state index in [1.54, 1.807) is 6.07 Å². The average Bonchev–Trinajstić information content (AvgIpc) is 2.66. The van der Waals surface area contributed by atoms with Gasteiger partial charge in [0.15, 0.2) is 0 Å². The van der Waals surface area contributed by atoms with E-state index in [4.69, 9.17) is 0 Å². The van der Waals surface area contributed by atoms with Gasteiger partial charge in [-0.1, -0.05) is 28.1 Å². The van der Waals surface area contributed by atoms with Gasteiger partial charge in [0.2, 0.25) is 0 Å². The van der Waals surface area contributed by atoms with Crippen molar-refractivity contribution >= 4 is 32.9 Å². The molecule has 0 saturated heterocycles. The Balaban J connectivity index is 1.73. The largest absolute Gasteiger partial charge is 0.341 e. The average molecular weight is 443 g/mol. The van der Waals surface area contributed by atoms with Crippen LogP contribution in [0.3, 0.4) is 0 Å². The maximum atomic E-state index is 12.9. The van der Waals surface area contributed by atoms with Crippen LogP contribution in [0.5, 0.6) is 0 Å². The normalized spacial score (nSPS) is 15.2. The molecule has 0 radical (unpaired) electrons. The Kier molecular flexibility index (Phi) is 4.45. The topological polar surface area (TPSA) is 86.0 Å². The summed E-state index contributed by atoms with van der Waals surface area (Å²) in [4.78, 5) is 41.7. The summed E-state index contributed by atoms with van der Waals surface area (Å²) >= 11 is 3.48. The van der Waals surface area contributed by atoms with Crippen LogP contribution >= 0.6 is 15.9 Å². The van der Waals surface area contributed by atoms with Crippen molar-refractivity contribution in [2.24, 2.45) is 14.1 Å². The predicted molar refractivity (Wildman–Crippen MR) is 109 cm³/mol. The van der Waals surface area contributed by atoms with Gasteiger partial charge in [0.1, 0.15) is 11.3 Å². The first-order chi connectivity index (χ1) is 13.3. The highest BCUT2D eigenvalue weighted by Gasteiger charge is 2.40. The van der Waals surface area contributed by atoms with E-state index in [1.807, 2.05) is 24.3 Å². The molecular weight excluding hydrogens is 424 g/mol. The van der Waals surface area contributed by atoms with Crippen LogP contribution in [0.4, 0.5) is 0 Å². The lowest BCUT2D eigenvalue weighted by molar-refractivity contribution is 0.0818. The van der Waals surface area contributed by atoms with E-state index in [1.165, 1.54) is 24.7 Å². The second-order valence-corrected chi connectivity index (χ2v) is 8.09. The number of hydrogen-bond donors (Lipinski definition) is 1. The maximum absolute atomic E-state index is 12.9. The fourth-order valence-corrected chi connectivity index (χ4v) is 4.06. The van der Waals surface area contributed by atoms with E-state index in [2.05, 4.69) is 26.2 Å². The van der Waals surface area contributed by atoms with Gasteiger partial charge in [-0.25, -0.2) is 9.78 Å². The summed E-state index contributed by atoms with van der Waals surface area (Å²) < 4.78 is 3.27. The Bertz CT molecular complexity index is 1220. The number of hydrogen-bond acceptors (Lipinski definition) is 4. The van der Waals surface area contributed by atoms with Crippen LogP contribution in [-0.4, -0.2) is 20.0 Å². The third-order valence-electron chi connectivity index (χ3n) is 5.47. The molecule has 2 heterocycles. The smallest absolute Gasteiger partial charge is 0.332 e. The van der Waals surface area contributed by atoms with Crippen LogP contribution in [0.15, 0.2) is 50.5 Å². The molecule has 1 N–H and O–H groups in total. The second kappa shape index (κ2) is 6.70. The van der Waals surface area contributed by atoms with Crippen molar-refractivity contribution in [1.82, 2.24) is 19.4 Å². The van der Waals surface area contributed by atoms with E-state index in [9.17, 15) is 14.4 Å². The summed E-state index contributed by atoms with van der Waals surface area (Å²) in [5.41, 5.74) is 0.0941. The van der Waals surface area contributed by atoms with E-state index < -0.39 is 16.8 Å². The van der Waals surface area contributed by atoms with Gasteiger partial charge < -0.3 is 5.32 Å².